The molecule has 20 heavy (non-hydrogen) atoms. The molecule has 0 saturated heterocycles. The molecule has 2 atom stereocenters. The van der Waals surface area contributed by atoms with Gasteiger partial charge in [0.15, 0.2) is 0 Å². The van der Waals surface area contributed by atoms with E-state index in [-0.39, 0.29) is 5.92 Å². The van der Waals surface area contributed by atoms with Gasteiger partial charge in [-0.3, -0.25) is 0 Å². The first kappa shape index (κ1) is 15.9. The average Bonchev–Trinajstić information content (AvgIpc) is 2.31. The van der Waals surface area contributed by atoms with Crippen molar-refractivity contribution in [2.24, 2.45) is 5.92 Å². The summed E-state index contributed by atoms with van der Waals surface area (Å²) in [5.74, 6) is 0.216. The van der Waals surface area contributed by atoms with E-state index in [1.165, 1.54) is 5.56 Å². The summed E-state index contributed by atoms with van der Waals surface area (Å²) in [5, 5.41) is 0. The van der Waals surface area contributed by atoms with Crippen LogP contribution in [0.25, 0.3) is 0 Å². The van der Waals surface area contributed by atoms with E-state index in [0.29, 0.717) is 12.3 Å². The van der Waals surface area contributed by atoms with Crippen LogP contribution in [0.15, 0.2) is 28.7 Å². The van der Waals surface area contributed by atoms with Crippen LogP contribution in [-0.2, 0) is 0 Å². The van der Waals surface area contributed by atoms with Gasteiger partial charge in [-0.05, 0) is 48.8 Å². The summed E-state index contributed by atoms with van der Waals surface area (Å²) < 4.78 is 38.7. The number of halogens is 4. The molecule has 0 heterocycles. The molecule has 0 N–H and O–H groups in total. The van der Waals surface area contributed by atoms with Crippen molar-refractivity contribution in [2.45, 2.75) is 57.0 Å². The molecule has 1 aliphatic rings. The Kier molecular flexibility index (Phi) is 5.53. The van der Waals surface area contributed by atoms with Crippen molar-refractivity contribution in [2.75, 3.05) is 0 Å². The molecule has 2 unspecified atom stereocenters. The molecule has 1 aromatic carbocycles. The zero-order chi connectivity index (χ0) is 14.6. The van der Waals surface area contributed by atoms with Crippen LogP contribution >= 0.6 is 15.9 Å². The zero-order valence-electron chi connectivity index (χ0n) is 11.4. The first-order chi connectivity index (χ1) is 9.44. The van der Waals surface area contributed by atoms with Crippen molar-refractivity contribution in [3.63, 3.8) is 0 Å². The third kappa shape index (κ3) is 5.12. The molecule has 1 saturated carbocycles. The minimum atomic E-state index is -4.02. The average molecular weight is 349 g/mol. The minimum absolute atomic E-state index is 0.190. The fraction of sp³-hybridized carbons (Fsp3) is 0.625. The van der Waals surface area contributed by atoms with E-state index >= 15 is 0 Å². The molecule has 2 rings (SSSR count). The highest BCUT2D eigenvalue weighted by Crippen LogP contribution is 2.37. The van der Waals surface area contributed by atoms with Gasteiger partial charge in [0, 0.05) is 10.9 Å². The number of rotatable bonds is 2. The van der Waals surface area contributed by atoms with Crippen LogP contribution in [0.1, 0.15) is 56.4 Å². The molecular formula is C16H20BrF3. The van der Waals surface area contributed by atoms with Crippen LogP contribution in [0.2, 0.25) is 0 Å². The molecule has 0 nitrogen and oxygen atoms in total. The maximum Gasteiger partial charge on any atom is 0.389 e. The monoisotopic (exact) mass is 348 g/mol. The highest BCUT2D eigenvalue weighted by molar-refractivity contribution is 9.10. The van der Waals surface area contributed by atoms with Gasteiger partial charge in [0.05, 0.1) is 0 Å². The fourth-order valence-electron chi connectivity index (χ4n) is 3.17. The van der Waals surface area contributed by atoms with Gasteiger partial charge in [-0.25, -0.2) is 0 Å². The molecular weight excluding hydrogens is 329 g/mol. The molecule has 1 aromatic rings. The first-order valence-corrected chi connectivity index (χ1v) is 8.05. The lowest BCUT2D eigenvalue weighted by molar-refractivity contribution is -0.145. The number of hydrogen-bond donors (Lipinski definition) is 0. The highest BCUT2D eigenvalue weighted by Gasteiger charge is 2.32. The van der Waals surface area contributed by atoms with Crippen molar-refractivity contribution in [1.29, 1.82) is 0 Å². The summed E-state index contributed by atoms with van der Waals surface area (Å²) in [6.07, 6.45) is 0.706. The largest absolute Gasteiger partial charge is 0.389 e. The lowest BCUT2D eigenvalue weighted by atomic mass is 9.81. The molecule has 1 fully saturated rings. The van der Waals surface area contributed by atoms with E-state index in [4.69, 9.17) is 0 Å². The molecule has 0 radical (unpaired) electrons. The molecule has 0 bridgehead atoms. The third-order valence-electron chi connectivity index (χ3n) is 4.18. The van der Waals surface area contributed by atoms with Gasteiger partial charge in [0.25, 0.3) is 0 Å². The summed E-state index contributed by atoms with van der Waals surface area (Å²) in [6.45, 7) is 0. The maximum absolute atomic E-state index is 12.5. The molecule has 4 heteroatoms. The minimum Gasteiger partial charge on any atom is -0.171 e. The Morgan fingerprint density at radius 2 is 1.80 bits per heavy atom. The van der Waals surface area contributed by atoms with Crippen molar-refractivity contribution in [3.05, 3.63) is 34.3 Å². The molecule has 0 aliphatic heterocycles. The van der Waals surface area contributed by atoms with Crippen LogP contribution < -0.4 is 0 Å². The Hall–Kier alpha value is -0.510. The van der Waals surface area contributed by atoms with E-state index in [1.54, 1.807) is 0 Å². The molecule has 112 valence electrons. The Bertz CT molecular complexity index is 428. The summed E-state index contributed by atoms with van der Waals surface area (Å²) in [4.78, 5) is 0. The summed E-state index contributed by atoms with van der Waals surface area (Å²) in [6, 6.07) is 8.19. The topological polar surface area (TPSA) is 0 Å². The van der Waals surface area contributed by atoms with Gasteiger partial charge in [0.1, 0.15) is 0 Å². The SMILES string of the molecule is FC(F)(F)CC1CCCCC(c2cccc(Br)c2)CC1. The quantitative estimate of drug-likeness (QED) is 0.575. The van der Waals surface area contributed by atoms with Crippen LogP contribution in [-0.4, -0.2) is 6.18 Å². The summed E-state index contributed by atoms with van der Waals surface area (Å²) in [5.41, 5.74) is 1.26. The number of benzene rings is 1. The molecule has 1 aliphatic carbocycles. The smallest absolute Gasteiger partial charge is 0.171 e. The zero-order valence-corrected chi connectivity index (χ0v) is 13.0. The van der Waals surface area contributed by atoms with Crippen LogP contribution in [0.5, 0.6) is 0 Å². The van der Waals surface area contributed by atoms with E-state index in [9.17, 15) is 13.2 Å². The van der Waals surface area contributed by atoms with Crippen molar-refractivity contribution < 1.29 is 13.2 Å². The van der Waals surface area contributed by atoms with Gasteiger partial charge in [-0.15, -0.1) is 0 Å². The predicted octanol–water partition coefficient (Wildman–Crippen LogP) is 6.46. The number of hydrogen-bond acceptors (Lipinski definition) is 0. The highest BCUT2D eigenvalue weighted by atomic mass is 79.9. The van der Waals surface area contributed by atoms with Gasteiger partial charge in [-0.2, -0.15) is 13.2 Å². The predicted molar refractivity (Wildman–Crippen MR) is 78.7 cm³/mol. The first-order valence-electron chi connectivity index (χ1n) is 7.26. The van der Waals surface area contributed by atoms with Crippen LogP contribution in [0.4, 0.5) is 13.2 Å². The standard InChI is InChI=1S/C16H20BrF3/c17-15-7-3-6-14(10-15)13-5-2-1-4-12(8-9-13)11-16(18,19)20/h3,6-7,10,12-13H,1-2,4-5,8-9,11H2. The summed E-state index contributed by atoms with van der Waals surface area (Å²) >= 11 is 3.47. The Morgan fingerprint density at radius 3 is 2.50 bits per heavy atom. The second-order valence-electron chi connectivity index (χ2n) is 5.80. The Morgan fingerprint density at radius 1 is 1.05 bits per heavy atom. The normalized spacial score (nSPS) is 25.0. The molecule has 0 spiro atoms. The van der Waals surface area contributed by atoms with Crippen LogP contribution in [0.3, 0.4) is 0 Å². The van der Waals surface area contributed by atoms with Gasteiger partial charge in [-0.1, -0.05) is 47.3 Å². The van der Waals surface area contributed by atoms with Gasteiger partial charge >= 0.3 is 6.18 Å². The maximum atomic E-state index is 12.5. The summed E-state index contributed by atoms with van der Waals surface area (Å²) in [7, 11) is 0. The fourth-order valence-corrected chi connectivity index (χ4v) is 3.59. The third-order valence-corrected chi connectivity index (χ3v) is 4.67. The lowest BCUT2D eigenvalue weighted by Gasteiger charge is -2.26. The van der Waals surface area contributed by atoms with E-state index in [2.05, 4.69) is 28.1 Å². The van der Waals surface area contributed by atoms with E-state index in [1.807, 2.05) is 12.1 Å². The van der Waals surface area contributed by atoms with Gasteiger partial charge in [0.2, 0.25) is 0 Å². The molecule has 0 aromatic heterocycles. The lowest BCUT2D eigenvalue weighted by Crippen LogP contribution is -2.17. The van der Waals surface area contributed by atoms with Crippen molar-refractivity contribution >= 4 is 15.9 Å². The van der Waals surface area contributed by atoms with Gasteiger partial charge < -0.3 is 0 Å². The van der Waals surface area contributed by atoms with Crippen molar-refractivity contribution in [1.82, 2.24) is 0 Å². The second kappa shape index (κ2) is 6.97. The Balaban J connectivity index is 1.99. The second-order valence-corrected chi connectivity index (χ2v) is 6.71. The van der Waals surface area contributed by atoms with Crippen LogP contribution in [0, 0.1) is 5.92 Å². The Labute approximate surface area is 126 Å². The molecule has 0 amide bonds. The number of alkyl halides is 3. The van der Waals surface area contributed by atoms with E-state index in [0.717, 1.165) is 36.6 Å². The van der Waals surface area contributed by atoms with Crippen molar-refractivity contribution in [3.8, 4) is 0 Å². The van der Waals surface area contributed by atoms with E-state index < -0.39 is 12.6 Å².